The van der Waals surface area contributed by atoms with Crippen molar-refractivity contribution in [2.24, 2.45) is 0 Å². The van der Waals surface area contributed by atoms with E-state index in [9.17, 15) is 12.8 Å². The van der Waals surface area contributed by atoms with E-state index < -0.39 is 22.0 Å². The third kappa shape index (κ3) is 3.56. The lowest BCUT2D eigenvalue weighted by atomic mass is 10.1. The molecule has 1 aromatic carbocycles. The Morgan fingerprint density at radius 3 is 2.75 bits per heavy atom. The van der Waals surface area contributed by atoms with Gasteiger partial charge in [0.1, 0.15) is 17.6 Å². The molecule has 1 heterocycles. The second-order valence-corrected chi connectivity index (χ2v) is 6.22. The Morgan fingerprint density at radius 1 is 1.40 bits per heavy atom. The van der Waals surface area contributed by atoms with Crippen LogP contribution < -0.4 is 0 Å². The molecule has 108 valence electrons. The first kappa shape index (κ1) is 15.0. The lowest BCUT2D eigenvalue weighted by Crippen LogP contribution is -2.07. The van der Waals surface area contributed by atoms with Crippen molar-refractivity contribution < 1.29 is 21.5 Å². The molecule has 1 atom stereocenters. The molecule has 0 spiro atoms. The highest BCUT2D eigenvalue weighted by Gasteiger charge is 2.19. The normalized spacial score (nSPS) is 13.4. The van der Waals surface area contributed by atoms with E-state index in [4.69, 9.17) is 20.3 Å². The molecular weight excluding hydrogens is 309 g/mol. The molecule has 2 aromatic rings. The minimum atomic E-state index is -3.62. The third-order valence-electron chi connectivity index (χ3n) is 2.46. The van der Waals surface area contributed by atoms with Crippen LogP contribution in [0, 0.1) is 5.82 Å². The summed E-state index contributed by atoms with van der Waals surface area (Å²) < 4.78 is 45.5. The van der Waals surface area contributed by atoms with Gasteiger partial charge in [-0.25, -0.2) is 4.39 Å². The molecule has 0 saturated carbocycles. The molecule has 20 heavy (non-hydrogen) atoms. The highest BCUT2D eigenvalue weighted by atomic mass is 35.5. The fourth-order valence-corrected chi connectivity index (χ4v) is 2.40. The molecule has 5 nitrogen and oxygen atoms in total. The molecule has 0 aliphatic rings. The maximum absolute atomic E-state index is 13.7. The summed E-state index contributed by atoms with van der Waals surface area (Å²) in [5.41, 5.74) is 0.382. The second-order valence-electron chi connectivity index (χ2n) is 4.18. The van der Waals surface area contributed by atoms with Gasteiger partial charge in [-0.3, -0.25) is 4.18 Å². The van der Waals surface area contributed by atoms with Gasteiger partial charge >= 0.3 is 0 Å². The van der Waals surface area contributed by atoms with E-state index >= 15 is 0 Å². The maximum Gasteiger partial charge on any atom is 0.265 e. The number of rotatable bonds is 4. The Bertz CT molecular complexity index is 729. The van der Waals surface area contributed by atoms with E-state index in [1.807, 2.05) is 0 Å². The molecule has 0 radical (unpaired) electrons. The molecule has 0 bridgehead atoms. The van der Waals surface area contributed by atoms with Crippen LogP contribution in [0.25, 0.3) is 11.3 Å². The molecule has 0 fully saturated rings. The zero-order valence-electron chi connectivity index (χ0n) is 10.6. The summed E-state index contributed by atoms with van der Waals surface area (Å²) in [5, 5.41) is 4.02. The summed E-state index contributed by atoms with van der Waals surface area (Å²) in [5.74, 6) is -0.377. The maximum atomic E-state index is 13.7. The van der Waals surface area contributed by atoms with Gasteiger partial charge in [0.15, 0.2) is 5.76 Å². The summed E-state index contributed by atoms with van der Waals surface area (Å²) in [6.07, 6.45) is 0.103. The average Bonchev–Trinajstić information content (AvgIpc) is 2.79. The van der Waals surface area contributed by atoms with Crippen molar-refractivity contribution in [2.45, 2.75) is 13.0 Å². The number of nitrogens with zero attached hydrogens (tertiary/aromatic N) is 1. The number of benzene rings is 1. The Morgan fingerprint density at radius 2 is 2.10 bits per heavy atom. The quantitative estimate of drug-likeness (QED) is 0.810. The van der Waals surface area contributed by atoms with Crippen LogP contribution in [0.15, 0.2) is 28.8 Å². The van der Waals surface area contributed by atoms with Crippen LogP contribution in [0.2, 0.25) is 5.02 Å². The minimum Gasteiger partial charge on any atom is -0.356 e. The summed E-state index contributed by atoms with van der Waals surface area (Å²) in [7, 11) is -3.62. The molecule has 8 heteroatoms. The van der Waals surface area contributed by atoms with Crippen molar-refractivity contribution >= 4 is 21.7 Å². The lowest BCUT2D eigenvalue weighted by molar-refractivity contribution is 0.224. The molecule has 0 N–H and O–H groups in total. The van der Waals surface area contributed by atoms with Gasteiger partial charge < -0.3 is 4.52 Å². The van der Waals surface area contributed by atoms with Crippen LogP contribution in [0.4, 0.5) is 4.39 Å². The molecule has 0 saturated heterocycles. The number of hydrogen-bond acceptors (Lipinski definition) is 5. The van der Waals surface area contributed by atoms with E-state index in [0.717, 1.165) is 6.26 Å². The van der Waals surface area contributed by atoms with Gasteiger partial charge in [0.2, 0.25) is 0 Å². The fraction of sp³-hybridized carbons (Fsp3) is 0.250. The van der Waals surface area contributed by atoms with E-state index in [2.05, 4.69) is 5.16 Å². The van der Waals surface area contributed by atoms with Crippen molar-refractivity contribution in [2.75, 3.05) is 6.26 Å². The minimum absolute atomic E-state index is 0.141. The monoisotopic (exact) mass is 319 g/mol. The van der Waals surface area contributed by atoms with Crippen LogP contribution in [-0.4, -0.2) is 19.8 Å². The van der Waals surface area contributed by atoms with Gasteiger partial charge in [-0.15, -0.1) is 0 Å². The lowest BCUT2D eigenvalue weighted by Gasteiger charge is -2.06. The molecule has 0 aliphatic carbocycles. The van der Waals surface area contributed by atoms with Crippen LogP contribution in [-0.2, 0) is 14.3 Å². The molecule has 2 rings (SSSR count). The first-order chi connectivity index (χ1) is 9.26. The van der Waals surface area contributed by atoms with Gasteiger partial charge in [-0.05, 0) is 25.1 Å². The SMILES string of the molecule is CC(OS(C)(=O)=O)c1cc(-c2cc(Cl)ccc2F)on1. The van der Waals surface area contributed by atoms with E-state index in [0.29, 0.717) is 5.02 Å². The van der Waals surface area contributed by atoms with Gasteiger partial charge in [-0.2, -0.15) is 8.42 Å². The molecule has 0 aliphatic heterocycles. The van der Waals surface area contributed by atoms with E-state index in [-0.39, 0.29) is 17.0 Å². The topological polar surface area (TPSA) is 69.4 Å². The largest absolute Gasteiger partial charge is 0.356 e. The summed E-state index contributed by atoms with van der Waals surface area (Å²) in [6.45, 7) is 1.50. The first-order valence-electron chi connectivity index (χ1n) is 5.56. The van der Waals surface area contributed by atoms with Gasteiger partial charge in [-0.1, -0.05) is 16.8 Å². The van der Waals surface area contributed by atoms with Crippen molar-refractivity contribution in [3.05, 3.63) is 40.8 Å². The van der Waals surface area contributed by atoms with Crippen molar-refractivity contribution in [3.8, 4) is 11.3 Å². The van der Waals surface area contributed by atoms with Crippen molar-refractivity contribution in [3.63, 3.8) is 0 Å². The van der Waals surface area contributed by atoms with Crippen LogP contribution in [0.5, 0.6) is 0 Å². The van der Waals surface area contributed by atoms with E-state index in [1.54, 1.807) is 0 Å². The highest BCUT2D eigenvalue weighted by molar-refractivity contribution is 7.86. The standard InChI is InChI=1S/C12H11ClFNO4S/c1-7(19-20(2,16)17)11-6-12(18-15-11)9-5-8(13)3-4-10(9)14/h3-7H,1-2H3. The van der Waals surface area contributed by atoms with Crippen molar-refractivity contribution in [1.82, 2.24) is 5.16 Å². The Hall–Kier alpha value is -1.44. The average molecular weight is 320 g/mol. The second kappa shape index (κ2) is 5.51. The zero-order chi connectivity index (χ0) is 14.9. The molecule has 1 aromatic heterocycles. The van der Waals surface area contributed by atoms with Crippen LogP contribution in [0.3, 0.4) is 0 Å². The number of hydrogen-bond donors (Lipinski definition) is 0. The highest BCUT2D eigenvalue weighted by Crippen LogP contribution is 2.29. The molecular formula is C12H11ClFNO4S. The number of aromatic nitrogens is 1. The van der Waals surface area contributed by atoms with Gasteiger partial charge in [0.25, 0.3) is 10.1 Å². The van der Waals surface area contributed by atoms with Crippen molar-refractivity contribution in [1.29, 1.82) is 0 Å². The smallest absolute Gasteiger partial charge is 0.265 e. The predicted molar refractivity (Wildman–Crippen MR) is 71.3 cm³/mol. The molecule has 1 unspecified atom stereocenters. The third-order valence-corrected chi connectivity index (χ3v) is 3.33. The molecule has 0 amide bonds. The predicted octanol–water partition coefficient (Wildman–Crippen LogP) is 3.17. The number of halogens is 2. The van der Waals surface area contributed by atoms with Crippen LogP contribution >= 0.6 is 11.6 Å². The Labute approximate surface area is 120 Å². The Kier molecular flexibility index (Phi) is 4.12. The summed E-state index contributed by atoms with van der Waals surface area (Å²) in [4.78, 5) is 0. The fourth-order valence-electron chi connectivity index (χ4n) is 1.61. The van der Waals surface area contributed by atoms with Crippen LogP contribution in [0.1, 0.15) is 18.7 Å². The van der Waals surface area contributed by atoms with E-state index in [1.165, 1.54) is 31.2 Å². The van der Waals surface area contributed by atoms with Gasteiger partial charge in [0, 0.05) is 11.1 Å². The zero-order valence-corrected chi connectivity index (χ0v) is 12.2. The summed E-state index contributed by atoms with van der Waals surface area (Å²) in [6, 6.07) is 5.41. The first-order valence-corrected chi connectivity index (χ1v) is 7.76. The Balaban J connectivity index is 2.31. The summed E-state index contributed by atoms with van der Waals surface area (Å²) >= 11 is 5.79. The van der Waals surface area contributed by atoms with Gasteiger partial charge in [0.05, 0.1) is 11.8 Å².